The topological polar surface area (TPSA) is 56.8 Å². The number of fused-ring (bicyclic) bond motifs is 1. The van der Waals surface area contributed by atoms with E-state index in [1.165, 1.54) is 0 Å². The van der Waals surface area contributed by atoms with Crippen LogP contribution in [-0.2, 0) is 10.2 Å². The molecule has 1 N–H and O–H groups in total. The average molecular weight is 420 g/mol. The number of hydrogen-bond donors (Lipinski definition) is 1. The standard InChI is InChI=1S/C20H22BrNO4/c1-20(2,3)15-10-13(21)4-6-16(15)26-12-19(23)22-14-5-7-17-18(11-14)25-9-8-24-17/h4-7,10-11H,8-9,12H2,1-3H3,(H,22,23). The van der Waals surface area contributed by atoms with Crippen molar-refractivity contribution >= 4 is 27.5 Å². The highest BCUT2D eigenvalue weighted by atomic mass is 79.9. The maximum atomic E-state index is 12.3. The summed E-state index contributed by atoms with van der Waals surface area (Å²) in [6.45, 7) is 7.30. The van der Waals surface area contributed by atoms with Crippen LogP contribution in [0.5, 0.6) is 17.2 Å². The lowest BCUT2D eigenvalue weighted by Crippen LogP contribution is -2.22. The van der Waals surface area contributed by atoms with Crippen molar-refractivity contribution in [2.45, 2.75) is 26.2 Å². The van der Waals surface area contributed by atoms with Crippen LogP contribution in [0.4, 0.5) is 5.69 Å². The van der Waals surface area contributed by atoms with Crippen LogP contribution in [0.15, 0.2) is 40.9 Å². The molecule has 1 aliphatic rings. The van der Waals surface area contributed by atoms with Gasteiger partial charge < -0.3 is 19.5 Å². The van der Waals surface area contributed by atoms with Gasteiger partial charge in [0, 0.05) is 21.8 Å². The molecule has 0 atom stereocenters. The summed E-state index contributed by atoms with van der Waals surface area (Å²) in [7, 11) is 0. The minimum atomic E-state index is -0.232. The largest absolute Gasteiger partial charge is 0.486 e. The van der Waals surface area contributed by atoms with E-state index in [1.807, 2.05) is 18.2 Å². The monoisotopic (exact) mass is 419 g/mol. The molecule has 0 aliphatic carbocycles. The molecule has 0 spiro atoms. The Bertz CT molecular complexity index is 814. The van der Waals surface area contributed by atoms with Crippen LogP contribution in [0.3, 0.4) is 0 Å². The highest BCUT2D eigenvalue weighted by molar-refractivity contribution is 9.10. The zero-order valence-corrected chi connectivity index (χ0v) is 16.7. The molecule has 0 bridgehead atoms. The summed E-state index contributed by atoms with van der Waals surface area (Å²) < 4.78 is 17.8. The number of halogens is 1. The van der Waals surface area contributed by atoms with Crippen LogP contribution in [-0.4, -0.2) is 25.7 Å². The smallest absolute Gasteiger partial charge is 0.262 e. The van der Waals surface area contributed by atoms with Gasteiger partial charge >= 0.3 is 0 Å². The molecule has 0 fully saturated rings. The van der Waals surface area contributed by atoms with Gasteiger partial charge in [0.05, 0.1) is 0 Å². The maximum absolute atomic E-state index is 12.3. The van der Waals surface area contributed by atoms with Crippen molar-refractivity contribution in [2.75, 3.05) is 25.1 Å². The van der Waals surface area contributed by atoms with E-state index in [0.717, 1.165) is 10.0 Å². The van der Waals surface area contributed by atoms with Gasteiger partial charge in [-0.1, -0.05) is 36.7 Å². The van der Waals surface area contributed by atoms with Gasteiger partial charge in [0.1, 0.15) is 19.0 Å². The van der Waals surface area contributed by atoms with Crippen LogP contribution in [0.25, 0.3) is 0 Å². The first-order chi connectivity index (χ1) is 12.3. The van der Waals surface area contributed by atoms with E-state index >= 15 is 0 Å². The van der Waals surface area contributed by atoms with Gasteiger partial charge in [0.25, 0.3) is 5.91 Å². The molecule has 1 heterocycles. The minimum Gasteiger partial charge on any atom is -0.486 e. The highest BCUT2D eigenvalue weighted by Gasteiger charge is 2.20. The van der Waals surface area contributed by atoms with Crippen LogP contribution in [0, 0.1) is 0 Å². The first-order valence-electron chi connectivity index (χ1n) is 8.45. The molecule has 2 aromatic carbocycles. The van der Waals surface area contributed by atoms with Crippen molar-refractivity contribution < 1.29 is 19.0 Å². The predicted molar refractivity (Wildman–Crippen MR) is 104 cm³/mol. The lowest BCUT2D eigenvalue weighted by molar-refractivity contribution is -0.118. The van der Waals surface area contributed by atoms with Crippen molar-refractivity contribution in [3.63, 3.8) is 0 Å². The lowest BCUT2D eigenvalue weighted by atomic mass is 9.86. The Labute approximate surface area is 161 Å². The molecule has 0 aromatic heterocycles. The van der Waals surface area contributed by atoms with E-state index in [0.29, 0.717) is 36.1 Å². The van der Waals surface area contributed by atoms with Gasteiger partial charge in [0.15, 0.2) is 18.1 Å². The van der Waals surface area contributed by atoms with Gasteiger partial charge in [-0.05, 0) is 35.7 Å². The molecule has 2 aromatic rings. The summed E-state index contributed by atoms with van der Waals surface area (Å²) in [5.41, 5.74) is 1.60. The van der Waals surface area contributed by atoms with Gasteiger partial charge in [0.2, 0.25) is 0 Å². The molecular formula is C20H22BrNO4. The number of rotatable bonds is 4. The second-order valence-electron chi connectivity index (χ2n) is 7.09. The summed E-state index contributed by atoms with van der Waals surface area (Å²) in [6, 6.07) is 11.1. The number of ether oxygens (including phenoxy) is 3. The fraction of sp³-hybridized carbons (Fsp3) is 0.350. The molecule has 1 amide bonds. The Balaban J connectivity index is 1.65. The molecule has 5 nitrogen and oxygen atoms in total. The first-order valence-corrected chi connectivity index (χ1v) is 9.24. The Morgan fingerprint density at radius 2 is 1.85 bits per heavy atom. The summed E-state index contributed by atoms with van der Waals surface area (Å²) in [6.07, 6.45) is 0. The molecule has 26 heavy (non-hydrogen) atoms. The minimum absolute atomic E-state index is 0.0703. The SMILES string of the molecule is CC(C)(C)c1cc(Br)ccc1OCC(=O)Nc1ccc2c(c1)OCCO2. The zero-order chi connectivity index (χ0) is 18.7. The number of nitrogens with one attached hydrogen (secondary N) is 1. The van der Waals surface area contributed by atoms with Crippen LogP contribution in [0.2, 0.25) is 0 Å². The highest BCUT2D eigenvalue weighted by Crippen LogP contribution is 2.34. The maximum Gasteiger partial charge on any atom is 0.262 e. The van der Waals surface area contributed by atoms with Gasteiger partial charge in [-0.25, -0.2) is 0 Å². The van der Waals surface area contributed by atoms with E-state index in [-0.39, 0.29) is 17.9 Å². The van der Waals surface area contributed by atoms with Gasteiger partial charge in [-0.2, -0.15) is 0 Å². The van der Waals surface area contributed by atoms with Crippen molar-refractivity contribution in [2.24, 2.45) is 0 Å². The fourth-order valence-corrected chi connectivity index (χ4v) is 3.04. The molecular weight excluding hydrogens is 398 g/mol. The van der Waals surface area contributed by atoms with Crippen LogP contribution < -0.4 is 19.5 Å². The molecule has 0 radical (unpaired) electrons. The molecule has 0 saturated carbocycles. The fourth-order valence-electron chi connectivity index (χ4n) is 2.68. The van der Waals surface area contributed by atoms with Crippen molar-refractivity contribution in [3.05, 3.63) is 46.4 Å². The first kappa shape index (κ1) is 18.6. The second kappa shape index (κ2) is 7.58. The van der Waals surface area contributed by atoms with Crippen LogP contribution >= 0.6 is 15.9 Å². The number of hydrogen-bond acceptors (Lipinski definition) is 4. The molecule has 0 saturated heterocycles. The number of carbonyl (C=O) groups is 1. The summed E-state index contributed by atoms with van der Waals surface area (Å²) in [5, 5.41) is 2.82. The van der Waals surface area contributed by atoms with E-state index in [1.54, 1.807) is 18.2 Å². The third-order valence-electron chi connectivity index (χ3n) is 3.93. The Morgan fingerprint density at radius 1 is 1.12 bits per heavy atom. The number of benzene rings is 2. The second-order valence-corrected chi connectivity index (χ2v) is 8.00. The van der Waals surface area contributed by atoms with E-state index in [2.05, 4.69) is 42.0 Å². The van der Waals surface area contributed by atoms with E-state index in [9.17, 15) is 4.79 Å². The predicted octanol–water partition coefficient (Wildman–Crippen LogP) is 4.54. The molecule has 1 aliphatic heterocycles. The van der Waals surface area contributed by atoms with Gasteiger partial charge in [-0.15, -0.1) is 0 Å². The lowest BCUT2D eigenvalue weighted by Gasteiger charge is -2.23. The zero-order valence-electron chi connectivity index (χ0n) is 15.1. The van der Waals surface area contributed by atoms with Crippen LogP contribution in [0.1, 0.15) is 26.3 Å². The third-order valence-corrected chi connectivity index (χ3v) is 4.43. The van der Waals surface area contributed by atoms with Crippen molar-refractivity contribution in [3.8, 4) is 17.2 Å². The Morgan fingerprint density at radius 3 is 2.58 bits per heavy atom. The average Bonchev–Trinajstić information content (AvgIpc) is 2.60. The number of anilines is 1. The van der Waals surface area contributed by atoms with Crippen molar-refractivity contribution in [1.82, 2.24) is 0 Å². The third kappa shape index (κ3) is 4.49. The quantitative estimate of drug-likeness (QED) is 0.790. The van der Waals surface area contributed by atoms with E-state index in [4.69, 9.17) is 14.2 Å². The van der Waals surface area contributed by atoms with E-state index < -0.39 is 0 Å². The molecule has 0 unspecified atom stereocenters. The number of carbonyl (C=O) groups excluding carboxylic acids is 1. The van der Waals surface area contributed by atoms with Gasteiger partial charge in [-0.3, -0.25) is 4.79 Å². The summed E-state index contributed by atoms with van der Waals surface area (Å²) in [5.74, 6) is 1.80. The molecule has 3 rings (SSSR count). The molecule has 138 valence electrons. The molecule has 6 heteroatoms. The summed E-state index contributed by atoms with van der Waals surface area (Å²) >= 11 is 3.49. The Kier molecular flexibility index (Phi) is 5.41. The Hall–Kier alpha value is -2.21. The van der Waals surface area contributed by atoms with Crippen molar-refractivity contribution in [1.29, 1.82) is 0 Å². The number of amides is 1. The summed E-state index contributed by atoms with van der Waals surface area (Å²) in [4.78, 5) is 12.3. The normalized spacial score (nSPS) is 13.2.